The first-order valence-corrected chi connectivity index (χ1v) is 9.42. The van der Waals surface area contributed by atoms with Gasteiger partial charge in [-0.2, -0.15) is 10.5 Å². The lowest BCUT2D eigenvalue weighted by Crippen LogP contribution is -2.30. The highest BCUT2D eigenvalue weighted by Crippen LogP contribution is 2.27. The zero-order valence-electron chi connectivity index (χ0n) is 17.0. The van der Waals surface area contributed by atoms with E-state index in [0.717, 1.165) is 16.7 Å². The average Bonchev–Trinajstić information content (AvgIpc) is 3.10. The number of para-hydroxylation sites is 1. The van der Waals surface area contributed by atoms with E-state index in [9.17, 15) is 15.3 Å². The molecule has 1 aromatic heterocycles. The smallest absolute Gasteiger partial charge is 0.240 e. The van der Waals surface area contributed by atoms with E-state index < -0.39 is 5.41 Å². The van der Waals surface area contributed by atoms with Crippen molar-refractivity contribution in [2.24, 2.45) is 0 Å². The van der Waals surface area contributed by atoms with Gasteiger partial charge in [-0.3, -0.25) is 4.79 Å². The summed E-state index contributed by atoms with van der Waals surface area (Å²) in [4.78, 5) is 16.9. The largest absolute Gasteiger partial charge is 0.348 e. The number of nitrogens with one attached hydrogen (secondary N) is 1. The normalized spacial score (nSPS) is 12.2. The van der Waals surface area contributed by atoms with Gasteiger partial charge in [-0.25, -0.2) is 4.98 Å². The van der Waals surface area contributed by atoms with Gasteiger partial charge in [0.1, 0.15) is 12.6 Å². The van der Waals surface area contributed by atoms with Crippen LogP contribution in [0.5, 0.6) is 0 Å². The Bertz CT molecular complexity index is 1160. The Kier molecular flexibility index (Phi) is 5.39. The molecule has 6 heteroatoms. The van der Waals surface area contributed by atoms with Gasteiger partial charge < -0.3 is 9.88 Å². The molecule has 0 spiro atoms. The molecule has 0 saturated carbocycles. The SMILES string of the molecule is Cc1cc(C(C)NC(=O)Cn2cnc3cccc(C#N)c32)ccc1C(C)(C)C#N. The molecule has 0 aliphatic carbocycles. The monoisotopic (exact) mass is 385 g/mol. The van der Waals surface area contributed by atoms with Gasteiger partial charge in [0.25, 0.3) is 0 Å². The molecule has 1 atom stereocenters. The van der Waals surface area contributed by atoms with Crippen LogP contribution in [0.3, 0.4) is 0 Å². The molecule has 2 aromatic carbocycles. The fraction of sp³-hybridized carbons (Fsp3) is 0.304. The fourth-order valence-electron chi connectivity index (χ4n) is 3.58. The van der Waals surface area contributed by atoms with E-state index in [2.05, 4.69) is 22.4 Å². The van der Waals surface area contributed by atoms with E-state index in [-0.39, 0.29) is 18.5 Å². The molecule has 0 aliphatic rings. The minimum absolute atomic E-state index is 0.0814. The van der Waals surface area contributed by atoms with Crippen molar-refractivity contribution in [2.45, 2.75) is 45.7 Å². The second kappa shape index (κ2) is 7.77. The van der Waals surface area contributed by atoms with Crippen LogP contribution in [0.4, 0.5) is 0 Å². The number of fused-ring (bicyclic) bond motifs is 1. The van der Waals surface area contributed by atoms with Crippen molar-refractivity contribution in [3.63, 3.8) is 0 Å². The number of nitriles is 2. The Balaban J connectivity index is 1.76. The Morgan fingerprint density at radius 3 is 2.69 bits per heavy atom. The van der Waals surface area contributed by atoms with Crippen LogP contribution in [0.15, 0.2) is 42.7 Å². The van der Waals surface area contributed by atoms with Crippen LogP contribution in [0.1, 0.15) is 49.1 Å². The highest BCUT2D eigenvalue weighted by molar-refractivity contribution is 5.84. The molecule has 0 aliphatic heterocycles. The maximum Gasteiger partial charge on any atom is 0.240 e. The number of benzene rings is 2. The lowest BCUT2D eigenvalue weighted by atomic mass is 9.82. The van der Waals surface area contributed by atoms with Crippen molar-refractivity contribution >= 4 is 16.9 Å². The molecule has 6 nitrogen and oxygen atoms in total. The molecule has 0 saturated heterocycles. The van der Waals surface area contributed by atoms with Crippen molar-refractivity contribution in [1.82, 2.24) is 14.9 Å². The summed E-state index contributed by atoms with van der Waals surface area (Å²) in [7, 11) is 0. The molecular formula is C23H23N5O. The van der Waals surface area contributed by atoms with Crippen LogP contribution in [0.25, 0.3) is 11.0 Å². The van der Waals surface area contributed by atoms with Gasteiger partial charge in [-0.15, -0.1) is 0 Å². The van der Waals surface area contributed by atoms with Crippen LogP contribution in [-0.2, 0) is 16.8 Å². The number of nitrogens with zero attached hydrogens (tertiary/aromatic N) is 4. The van der Waals surface area contributed by atoms with Gasteiger partial charge in [0.15, 0.2) is 0 Å². The number of imidazole rings is 1. The molecule has 1 amide bonds. The Labute approximate surface area is 170 Å². The standard InChI is InChI=1S/C23H23N5O/c1-15-10-17(8-9-19(15)23(3,4)13-25)16(2)27-21(29)12-28-14-26-20-7-5-6-18(11-24)22(20)28/h5-10,14,16H,12H2,1-4H3,(H,27,29). The lowest BCUT2D eigenvalue weighted by molar-refractivity contribution is -0.122. The number of amides is 1. The number of carbonyl (C=O) groups excluding carboxylic acids is 1. The van der Waals surface area contributed by atoms with Crippen molar-refractivity contribution in [3.8, 4) is 12.1 Å². The number of aromatic nitrogens is 2. The third-order valence-electron chi connectivity index (χ3n) is 5.15. The number of aryl methyl sites for hydroxylation is 1. The topological polar surface area (TPSA) is 94.5 Å². The summed E-state index contributed by atoms with van der Waals surface area (Å²) < 4.78 is 1.69. The predicted molar refractivity (Wildman–Crippen MR) is 111 cm³/mol. The summed E-state index contributed by atoms with van der Waals surface area (Å²) in [5.41, 5.74) is 4.27. The lowest BCUT2D eigenvalue weighted by Gasteiger charge is -2.21. The Morgan fingerprint density at radius 2 is 2.03 bits per heavy atom. The average molecular weight is 385 g/mol. The first-order chi connectivity index (χ1) is 13.8. The van der Waals surface area contributed by atoms with Gasteiger partial charge in [0.2, 0.25) is 5.91 Å². The fourth-order valence-corrected chi connectivity index (χ4v) is 3.58. The van der Waals surface area contributed by atoms with Crippen LogP contribution in [0.2, 0.25) is 0 Å². The second-order valence-electron chi connectivity index (χ2n) is 7.76. The summed E-state index contributed by atoms with van der Waals surface area (Å²) in [6.07, 6.45) is 1.58. The first-order valence-electron chi connectivity index (χ1n) is 9.42. The molecule has 29 heavy (non-hydrogen) atoms. The van der Waals surface area contributed by atoms with Gasteiger partial charge in [-0.05, 0) is 56.5 Å². The molecule has 0 fully saturated rings. The molecule has 3 rings (SSSR count). The molecule has 3 aromatic rings. The highest BCUT2D eigenvalue weighted by Gasteiger charge is 2.22. The molecule has 146 valence electrons. The molecule has 1 heterocycles. The van der Waals surface area contributed by atoms with E-state index in [1.807, 2.05) is 52.0 Å². The predicted octanol–water partition coefficient (Wildman–Crippen LogP) is 3.89. The Hall–Kier alpha value is -3.64. The summed E-state index contributed by atoms with van der Waals surface area (Å²) in [5, 5.41) is 21.7. The maximum absolute atomic E-state index is 12.6. The van der Waals surface area contributed by atoms with Crippen molar-refractivity contribution < 1.29 is 4.79 Å². The van der Waals surface area contributed by atoms with Crippen molar-refractivity contribution in [1.29, 1.82) is 10.5 Å². The second-order valence-corrected chi connectivity index (χ2v) is 7.76. The third kappa shape index (κ3) is 3.97. The van der Waals surface area contributed by atoms with Crippen molar-refractivity contribution in [3.05, 3.63) is 65.0 Å². The van der Waals surface area contributed by atoms with Gasteiger partial charge >= 0.3 is 0 Å². The van der Waals surface area contributed by atoms with E-state index in [1.54, 1.807) is 23.0 Å². The molecular weight excluding hydrogens is 362 g/mol. The van der Waals surface area contributed by atoms with E-state index in [1.165, 1.54) is 0 Å². The number of hydrogen-bond donors (Lipinski definition) is 1. The number of hydrogen-bond acceptors (Lipinski definition) is 4. The molecule has 0 radical (unpaired) electrons. The zero-order chi connectivity index (χ0) is 21.2. The third-order valence-corrected chi connectivity index (χ3v) is 5.15. The van der Waals surface area contributed by atoms with Crippen LogP contribution in [-0.4, -0.2) is 15.5 Å². The van der Waals surface area contributed by atoms with Crippen LogP contribution in [0, 0.1) is 29.6 Å². The summed E-state index contributed by atoms with van der Waals surface area (Å²) in [6.45, 7) is 7.77. The van der Waals surface area contributed by atoms with E-state index in [0.29, 0.717) is 16.6 Å². The number of rotatable bonds is 5. The highest BCUT2D eigenvalue weighted by atomic mass is 16.2. The van der Waals surface area contributed by atoms with Gasteiger partial charge in [0, 0.05) is 0 Å². The van der Waals surface area contributed by atoms with Crippen molar-refractivity contribution in [2.75, 3.05) is 0 Å². The summed E-state index contributed by atoms with van der Waals surface area (Å²) in [6, 6.07) is 15.5. The zero-order valence-corrected chi connectivity index (χ0v) is 17.0. The minimum atomic E-state index is -0.559. The molecule has 0 bridgehead atoms. The molecule has 1 N–H and O–H groups in total. The van der Waals surface area contributed by atoms with Gasteiger partial charge in [0.05, 0.1) is 40.5 Å². The van der Waals surface area contributed by atoms with E-state index in [4.69, 9.17) is 0 Å². The van der Waals surface area contributed by atoms with Crippen LogP contribution < -0.4 is 5.32 Å². The summed E-state index contributed by atoms with van der Waals surface area (Å²) >= 11 is 0. The maximum atomic E-state index is 12.6. The van der Waals surface area contributed by atoms with Gasteiger partial charge in [-0.1, -0.05) is 24.3 Å². The number of carbonyl (C=O) groups is 1. The Morgan fingerprint density at radius 1 is 1.28 bits per heavy atom. The quantitative estimate of drug-likeness (QED) is 0.721. The molecule has 1 unspecified atom stereocenters. The van der Waals surface area contributed by atoms with Crippen LogP contribution >= 0.6 is 0 Å². The minimum Gasteiger partial charge on any atom is -0.348 e. The summed E-state index contributed by atoms with van der Waals surface area (Å²) in [5.74, 6) is -0.163. The first kappa shape index (κ1) is 20.1. The van der Waals surface area contributed by atoms with E-state index >= 15 is 0 Å².